The minimum atomic E-state index is -2.91. The van der Waals surface area contributed by atoms with E-state index in [2.05, 4.69) is 4.74 Å². The summed E-state index contributed by atoms with van der Waals surface area (Å²) in [5.74, 6) is -0.110. The second-order valence-corrected chi connectivity index (χ2v) is 7.10. The SMILES string of the molecule is COc1ccc(CN2C(=O)/C(=C\c3ccc(OC(F)F)cc3)c3ccccc3C2=O)cc1. The first kappa shape index (κ1) is 21.2. The van der Waals surface area contributed by atoms with Crippen molar-refractivity contribution >= 4 is 23.5 Å². The summed E-state index contributed by atoms with van der Waals surface area (Å²) >= 11 is 0. The Morgan fingerprint density at radius 1 is 0.844 bits per heavy atom. The standard InChI is InChI=1S/C25H19F2NO4/c1-31-18-10-8-17(9-11-18)15-28-23(29)21-5-3-2-4-20(21)22(24(28)30)14-16-6-12-19(13-7-16)32-25(26)27/h2-14,25H,15H2,1H3/b22-14-. The van der Waals surface area contributed by atoms with Crippen molar-refractivity contribution in [3.8, 4) is 11.5 Å². The van der Waals surface area contributed by atoms with Crippen LogP contribution in [0.5, 0.6) is 11.5 Å². The van der Waals surface area contributed by atoms with Crippen LogP contribution < -0.4 is 9.47 Å². The lowest BCUT2D eigenvalue weighted by molar-refractivity contribution is -0.123. The number of carbonyl (C=O) groups is 2. The lowest BCUT2D eigenvalue weighted by atomic mass is 9.91. The van der Waals surface area contributed by atoms with Crippen molar-refractivity contribution < 1.29 is 27.8 Å². The van der Waals surface area contributed by atoms with Crippen molar-refractivity contribution in [1.82, 2.24) is 4.90 Å². The zero-order valence-electron chi connectivity index (χ0n) is 17.1. The highest BCUT2D eigenvalue weighted by Gasteiger charge is 2.34. The Balaban J connectivity index is 1.69. The maximum atomic E-state index is 13.3. The molecule has 0 radical (unpaired) electrons. The first-order valence-electron chi connectivity index (χ1n) is 9.81. The molecule has 162 valence electrons. The lowest BCUT2D eigenvalue weighted by Gasteiger charge is -2.28. The van der Waals surface area contributed by atoms with Crippen LogP contribution in [0.3, 0.4) is 0 Å². The van der Waals surface area contributed by atoms with Crippen LogP contribution in [0, 0.1) is 0 Å². The first-order chi connectivity index (χ1) is 15.5. The third-order valence-electron chi connectivity index (χ3n) is 5.08. The van der Waals surface area contributed by atoms with Crippen LogP contribution in [0.15, 0.2) is 72.8 Å². The van der Waals surface area contributed by atoms with Gasteiger partial charge in [-0.2, -0.15) is 8.78 Å². The predicted molar refractivity (Wildman–Crippen MR) is 115 cm³/mol. The molecule has 1 aliphatic rings. The summed E-state index contributed by atoms with van der Waals surface area (Å²) in [6, 6.07) is 20.0. The van der Waals surface area contributed by atoms with E-state index in [1.807, 2.05) is 0 Å². The maximum Gasteiger partial charge on any atom is 0.387 e. The van der Waals surface area contributed by atoms with Crippen LogP contribution in [0.2, 0.25) is 0 Å². The topological polar surface area (TPSA) is 55.8 Å². The van der Waals surface area contributed by atoms with Crippen LogP contribution in [0.1, 0.15) is 27.0 Å². The van der Waals surface area contributed by atoms with E-state index in [0.717, 1.165) is 5.56 Å². The van der Waals surface area contributed by atoms with E-state index in [-0.39, 0.29) is 18.2 Å². The number of ether oxygens (including phenoxy) is 2. The van der Waals surface area contributed by atoms with Crippen molar-refractivity contribution in [2.24, 2.45) is 0 Å². The van der Waals surface area contributed by atoms with Crippen LogP contribution in [-0.2, 0) is 11.3 Å². The predicted octanol–water partition coefficient (Wildman–Crippen LogP) is 5.02. The lowest BCUT2D eigenvalue weighted by Crippen LogP contribution is -2.41. The number of fused-ring (bicyclic) bond motifs is 1. The Morgan fingerprint density at radius 3 is 2.09 bits per heavy atom. The molecule has 0 fully saturated rings. The van der Waals surface area contributed by atoms with Crippen molar-refractivity contribution in [3.05, 3.63) is 95.1 Å². The number of rotatable bonds is 6. The van der Waals surface area contributed by atoms with Gasteiger partial charge in [0.25, 0.3) is 11.8 Å². The zero-order valence-corrected chi connectivity index (χ0v) is 17.1. The summed E-state index contributed by atoms with van der Waals surface area (Å²) in [5.41, 5.74) is 2.69. The summed E-state index contributed by atoms with van der Waals surface area (Å²) in [4.78, 5) is 27.6. The average molecular weight is 435 g/mol. The number of nitrogens with zero attached hydrogens (tertiary/aromatic N) is 1. The molecule has 0 spiro atoms. The Kier molecular flexibility index (Phi) is 5.98. The van der Waals surface area contributed by atoms with E-state index in [1.54, 1.807) is 73.8 Å². The third-order valence-corrected chi connectivity index (χ3v) is 5.08. The Hall–Kier alpha value is -4.00. The van der Waals surface area contributed by atoms with E-state index in [1.165, 1.54) is 17.0 Å². The molecule has 0 atom stereocenters. The molecule has 4 rings (SSSR count). The van der Waals surface area contributed by atoms with Gasteiger partial charge in [0.05, 0.1) is 13.7 Å². The van der Waals surface area contributed by atoms with Crippen molar-refractivity contribution in [1.29, 1.82) is 0 Å². The normalized spacial score (nSPS) is 14.6. The molecule has 5 nitrogen and oxygen atoms in total. The molecular formula is C25H19F2NO4. The molecule has 3 aromatic rings. The van der Waals surface area contributed by atoms with Gasteiger partial charge in [-0.1, -0.05) is 42.5 Å². The molecule has 0 saturated heterocycles. The minimum Gasteiger partial charge on any atom is -0.497 e. The Labute approximate surface area is 183 Å². The summed E-state index contributed by atoms with van der Waals surface area (Å²) in [6.45, 7) is -2.81. The number of amides is 2. The van der Waals surface area contributed by atoms with Gasteiger partial charge in [-0.25, -0.2) is 0 Å². The smallest absolute Gasteiger partial charge is 0.387 e. The molecule has 0 bridgehead atoms. The van der Waals surface area contributed by atoms with Gasteiger partial charge in [-0.3, -0.25) is 14.5 Å². The maximum absolute atomic E-state index is 13.3. The van der Waals surface area contributed by atoms with E-state index in [9.17, 15) is 18.4 Å². The highest BCUT2D eigenvalue weighted by Crippen LogP contribution is 2.32. The number of imide groups is 1. The van der Waals surface area contributed by atoms with E-state index in [0.29, 0.717) is 28.0 Å². The molecule has 1 heterocycles. The summed E-state index contributed by atoms with van der Waals surface area (Å²) in [5, 5.41) is 0. The summed E-state index contributed by atoms with van der Waals surface area (Å²) < 4.78 is 34.3. The van der Waals surface area contributed by atoms with E-state index >= 15 is 0 Å². The number of carbonyl (C=O) groups excluding carboxylic acids is 2. The Morgan fingerprint density at radius 2 is 1.47 bits per heavy atom. The van der Waals surface area contributed by atoms with E-state index < -0.39 is 12.5 Å². The fraction of sp³-hybridized carbons (Fsp3) is 0.120. The Bertz CT molecular complexity index is 1170. The highest BCUT2D eigenvalue weighted by atomic mass is 19.3. The molecule has 3 aromatic carbocycles. The van der Waals surface area contributed by atoms with Crippen LogP contribution in [0.25, 0.3) is 11.6 Å². The highest BCUT2D eigenvalue weighted by molar-refractivity contribution is 6.33. The molecule has 0 aromatic heterocycles. The van der Waals surface area contributed by atoms with Crippen LogP contribution in [0.4, 0.5) is 8.78 Å². The van der Waals surface area contributed by atoms with Crippen molar-refractivity contribution in [2.75, 3.05) is 7.11 Å². The molecular weight excluding hydrogens is 416 g/mol. The van der Waals surface area contributed by atoms with Gasteiger partial charge in [0.15, 0.2) is 0 Å². The van der Waals surface area contributed by atoms with Crippen molar-refractivity contribution in [3.63, 3.8) is 0 Å². The second-order valence-electron chi connectivity index (χ2n) is 7.10. The van der Waals surface area contributed by atoms with Gasteiger partial charge in [-0.05, 0) is 53.1 Å². The molecule has 0 unspecified atom stereocenters. The fourth-order valence-electron chi connectivity index (χ4n) is 3.51. The largest absolute Gasteiger partial charge is 0.497 e. The van der Waals surface area contributed by atoms with Gasteiger partial charge in [-0.15, -0.1) is 0 Å². The quantitative estimate of drug-likeness (QED) is 0.403. The molecule has 32 heavy (non-hydrogen) atoms. The number of hydrogen-bond donors (Lipinski definition) is 0. The molecule has 1 aliphatic heterocycles. The zero-order chi connectivity index (χ0) is 22.7. The van der Waals surface area contributed by atoms with Gasteiger partial charge < -0.3 is 9.47 Å². The number of alkyl halides is 2. The number of hydrogen-bond acceptors (Lipinski definition) is 4. The molecule has 0 aliphatic carbocycles. The van der Waals surface area contributed by atoms with Crippen LogP contribution >= 0.6 is 0 Å². The number of halogens is 2. The van der Waals surface area contributed by atoms with Gasteiger partial charge in [0, 0.05) is 11.1 Å². The number of methoxy groups -OCH3 is 1. The monoisotopic (exact) mass is 435 g/mol. The molecule has 2 amide bonds. The second kappa shape index (κ2) is 9.01. The fourth-order valence-corrected chi connectivity index (χ4v) is 3.51. The number of benzene rings is 3. The minimum absolute atomic E-state index is 0.0221. The van der Waals surface area contributed by atoms with Crippen molar-refractivity contribution in [2.45, 2.75) is 13.2 Å². The average Bonchev–Trinajstić information content (AvgIpc) is 2.80. The van der Waals surface area contributed by atoms with Gasteiger partial charge in [0.1, 0.15) is 11.5 Å². The first-order valence-corrected chi connectivity index (χ1v) is 9.81. The summed E-state index contributed by atoms with van der Waals surface area (Å²) in [6.07, 6.45) is 1.64. The summed E-state index contributed by atoms with van der Waals surface area (Å²) in [7, 11) is 1.56. The van der Waals surface area contributed by atoms with Gasteiger partial charge >= 0.3 is 6.61 Å². The van der Waals surface area contributed by atoms with Gasteiger partial charge in [0.2, 0.25) is 0 Å². The molecule has 0 N–H and O–H groups in total. The van der Waals surface area contributed by atoms with E-state index in [4.69, 9.17) is 4.74 Å². The third kappa shape index (κ3) is 4.37. The van der Waals surface area contributed by atoms with Crippen LogP contribution in [-0.4, -0.2) is 30.4 Å². The molecule has 0 saturated carbocycles. The molecule has 7 heteroatoms.